The van der Waals surface area contributed by atoms with E-state index in [1.54, 1.807) is 30.2 Å². The average molecular weight is 364 g/mol. The first-order chi connectivity index (χ1) is 11.5. The van der Waals surface area contributed by atoms with E-state index in [0.29, 0.717) is 28.1 Å². The van der Waals surface area contributed by atoms with Crippen LogP contribution in [0.2, 0.25) is 10.0 Å². The highest BCUT2D eigenvalue weighted by atomic mass is 35.5. The van der Waals surface area contributed by atoms with Crippen molar-refractivity contribution in [1.29, 1.82) is 0 Å². The summed E-state index contributed by atoms with van der Waals surface area (Å²) in [6.45, 7) is 0.631. The fourth-order valence-electron chi connectivity index (χ4n) is 2.29. The van der Waals surface area contributed by atoms with Crippen molar-refractivity contribution >= 4 is 35.2 Å². The first-order valence-electron chi connectivity index (χ1n) is 7.30. The summed E-state index contributed by atoms with van der Waals surface area (Å²) in [6.07, 6.45) is 3.26. The SMILES string of the molecule is CN(Cc1ccc(Cl)cc1Cl)C(=O)/C=C/c1ccc2c(c1)OCO2. The first-order valence-corrected chi connectivity index (χ1v) is 8.05. The molecular formula is C18H15Cl2NO3. The Labute approximate surface area is 150 Å². The third-order valence-corrected chi connectivity index (χ3v) is 4.20. The van der Waals surface area contributed by atoms with Gasteiger partial charge in [-0.3, -0.25) is 4.79 Å². The van der Waals surface area contributed by atoms with Crippen LogP contribution in [0.1, 0.15) is 11.1 Å². The second-order valence-electron chi connectivity index (χ2n) is 5.38. The van der Waals surface area contributed by atoms with E-state index in [-0.39, 0.29) is 12.7 Å². The van der Waals surface area contributed by atoms with E-state index in [1.165, 1.54) is 6.08 Å². The molecule has 1 aliphatic rings. The number of fused-ring (bicyclic) bond motifs is 1. The Hall–Kier alpha value is -2.17. The third-order valence-electron chi connectivity index (χ3n) is 3.61. The highest BCUT2D eigenvalue weighted by Gasteiger charge is 2.13. The van der Waals surface area contributed by atoms with Crippen LogP contribution in [0.15, 0.2) is 42.5 Å². The van der Waals surface area contributed by atoms with E-state index in [1.807, 2.05) is 24.3 Å². The molecule has 0 fully saturated rings. The molecule has 0 aromatic heterocycles. The van der Waals surface area contributed by atoms with Gasteiger partial charge in [-0.15, -0.1) is 0 Å². The molecular weight excluding hydrogens is 349 g/mol. The maximum Gasteiger partial charge on any atom is 0.246 e. The van der Waals surface area contributed by atoms with Crippen molar-refractivity contribution in [1.82, 2.24) is 4.90 Å². The van der Waals surface area contributed by atoms with Gasteiger partial charge in [-0.05, 0) is 41.5 Å². The highest BCUT2D eigenvalue weighted by molar-refractivity contribution is 6.35. The van der Waals surface area contributed by atoms with Crippen LogP contribution in [0.4, 0.5) is 0 Å². The Morgan fingerprint density at radius 2 is 1.96 bits per heavy atom. The second kappa shape index (κ2) is 7.16. The van der Waals surface area contributed by atoms with Gasteiger partial charge >= 0.3 is 0 Å². The predicted molar refractivity (Wildman–Crippen MR) is 94.5 cm³/mol. The molecule has 0 spiro atoms. The van der Waals surface area contributed by atoms with Gasteiger partial charge in [-0.1, -0.05) is 35.3 Å². The van der Waals surface area contributed by atoms with Crippen molar-refractivity contribution in [3.8, 4) is 11.5 Å². The van der Waals surface area contributed by atoms with Crippen LogP contribution in [0.25, 0.3) is 6.08 Å². The highest BCUT2D eigenvalue weighted by Crippen LogP contribution is 2.32. The standard InChI is InChI=1S/C18H15Cl2NO3/c1-21(10-13-4-5-14(19)9-15(13)20)18(22)7-3-12-2-6-16-17(8-12)24-11-23-16/h2-9H,10-11H2,1H3/b7-3+. The largest absolute Gasteiger partial charge is 0.454 e. The normalized spacial score (nSPS) is 12.6. The molecule has 0 bridgehead atoms. The molecule has 0 radical (unpaired) electrons. The Balaban J connectivity index is 1.65. The lowest BCUT2D eigenvalue weighted by Crippen LogP contribution is -2.24. The van der Waals surface area contributed by atoms with Crippen LogP contribution in [0.5, 0.6) is 11.5 Å². The topological polar surface area (TPSA) is 38.8 Å². The molecule has 2 aromatic rings. The van der Waals surface area contributed by atoms with E-state index in [9.17, 15) is 4.79 Å². The Kier molecular flexibility index (Phi) is 4.97. The average Bonchev–Trinajstić information content (AvgIpc) is 3.02. The zero-order valence-electron chi connectivity index (χ0n) is 13.0. The van der Waals surface area contributed by atoms with Crippen molar-refractivity contribution in [2.24, 2.45) is 0 Å². The zero-order chi connectivity index (χ0) is 17.1. The van der Waals surface area contributed by atoms with E-state index in [2.05, 4.69) is 0 Å². The number of carbonyl (C=O) groups excluding carboxylic acids is 1. The minimum atomic E-state index is -0.126. The number of carbonyl (C=O) groups is 1. The van der Waals surface area contributed by atoms with Crippen molar-refractivity contribution in [3.63, 3.8) is 0 Å². The number of benzene rings is 2. The van der Waals surface area contributed by atoms with E-state index >= 15 is 0 Å². The number of ether oxygens (including phenoxy) is 2. The fourth-order valence-corrected chi connectivity index (χ4v) is 2.76. The third kappa shape index (κ3) is 3.83. The number of hydrogen-bond donors (Lipinski definition) is 0. The van der Waals surface area contributed by atoms with Crippen LogP contribution in [0, 0.1) is 0 Å². The van der Waals surface area contributed by atoms with Gasteiger partial charge in [0.1, 0.15) is 0 Å². The monoisotopic (exact) mass is 363 g/mol. The summed E-state index contributed by atoms with van der Waals surface area (Å²) >= 11 is 12.0. The maximum atomic E-state index is 12.2. The van der Waals surface area contributed by atoms with Gasteiger partial charge in [0, 0.05) is 29.7 Å². The Morgan fingerprint density at radius 1 is 1.17 bits per heavy atom. The quantitative estimate of drug-likeness (QED) is 0.756. The Bertz CT molecular complexity index is 805. The lowest BCUT2D eigenvalue weighted by atomic mass is 10.2. The van der Waals surface area contributed by atoms with Gasteiger partial charge in [0.2, 0.25) is 12.7 Å². The molecule has 124 valence electrons. The lowest BCUT2D eigenvalue weighted by Gasteiger charge is -2.16. The van der Waals surface area contributed by atoms with Gasteiger partial charge in [0.25, 0.3) is 0 Å². The van der Waals surface area contributed by atoms with Crippen LogP contribution in [-0.4, -0.2) is 24.6 Å². The molecule has 0 saturated carbocycles. The smallest absolute Gasteiger partial charge is 0.246 e. The molecule has 0 aliphatic carbocycles. The molecule has 3 rings (SSSR count). The van der Waals surface area contributed by atoms with Crippen molar-refractivity contribution in [3.05, 3.63) is 63.6 Å². The molecule has 1 aliphatic heterocycles. The maximum absolute atomic E-state index is 12.2. The lowest BCUT2D eigenvalue weighted by molar-refractivity contribution is -0.125. The summed E-state index contributed by atoms with van der Waals surface area (Å²) in [5, 5.41) is 1.11. The molecule has 1 amide bonds. The van der Waals surface area contributed by atoms with Crippen molar-refractivity contribution in [2.75, 3.05) is 13.8 Å². The number of rotatable bonds is 4. The number of hydrogen-bond acceptors (Lipinski definition) is 3. The van der Waals surface area contributed by atoms with Gasteiger partial charge in [0.05, 0.1) is 0 Å². The van der Waals surface area contributed by atoms with Crippen LogP contribution in [-0.2, 0) is 11.3 Å². The van der Waals surface area contributed by atoms with Crippen LogP contribution >= 0.6 is 23.2 Å². The minimum Gasteiger partial charge on any atom is -0.454 e. The molecule has 6 heteroatoms. The van der Waals surface area contributed by atoms with E-state index in [0.717, 1.165) is 11.1 Å². The first kappa shape index (κ1) is 16.7. The molecule has 1 heterocycles. The molecule has 0 N–H and O–H groups in total. The number of likely N-dealkylation sites (N-methyl/N-ethyl adjacent to an activating group) is 1. The molecule has 24 heavy (non-hydrogen) atoms. The van der Waals surface area contributed by atoms with E-state index in [4.69, 9.17) is 32.7 Å². The number of nitrogens with zero attached hydrogens (tertiary/aromatic N) is 1. The summed E-state index contributed by atoms with van der Waals surface area (Å²) in [6, 6.07) is 10.8. The second-order valence-corrected chi connectivity index (χ2v) is 6.22. The zero-order valence-corrected chi connectivity index (χ0v) is 14.5. The molecule has 2 aromatic carbocycles. The molecule has 0 saturated heterocycles. The summed E-state index contributed by atoms with van der Waals surface area (Å²) < 4.78 is 10.6. The molecule has 4 nitrogen and oxygen atoms in total. The Morgan fingerprint density at radius 3 is 2.75 bits per heavy atom. The number of halogens is 2. The van der Waals surface area contributed by atoms with Gasteiger partial charge < -0.3 is 14.4 Å². The van der Waals surface area contributed by atoms with Crippen molar-refractivity contribution < 1.29 is 14.3 Å². The van der Waals surface area contributed by atoms with Crippen LogP contribution < -0.4 is 9.47 Å². The van der Waals surface area contributed by atoms with Gasteiger partial charge in [-0.2, -0.15) is 0 Å². The summed E-state index contributed by atoms with van der Waals surface area (Å²) in [7, 11) is 1.72. The van der Waals surface area contributed by atoms with E-state index < -0.39 is 0 Å². The fraction of sp³-hybridized carbons (Fsp3) is 0.167. The van der Waals surface area contributed by atoms with Gasteiger partial charge in [-0.25, -0.2) is 0 Å². The minimum absolute atomic E-state index is 0.126. The molecule has 0 unspecified atom stereocenters. The van der Waals surface area contributed by atoms with Crippen molar-refractivity contribution in [2.45, 2.75) is 6.54 Å². The summed E-state index contributed by atoms with van der Waals surface area (Å²) in [5.41, 5.74) is 1.71. The number of amides is 1. The van der Waals surface area contributed by atoms with Crippen LogP contribution in [0.3, 0.4) is 0 Å². The molecule has 0 atom stereocenters. The summed E-state index contributed by atoms with van der Waals surface area (Å²) in [5.74, 6) is 1.28. The summed E-state index contributed by atoms with van der Waals surface area (Å²) in [4.78, 5) is 13.8. The predicted octanol–water partition coefficient (Wildman–Crippen LogP) is 4.39. The van der Waals surface area contributed by atoms with Gasteiger partial charge in [0.15, 0.2) is 11.5 Å².